The summed E-state index contributed by atoms with van der Waals surface area (Å²) < 4.78 is 16.7. The summed E-state index contributed by atoms with van der Waals surface area (Å²) in [6, 6.07) is 0. The molecule has 0 bridgehead atoms. The zero-order valence-corrected chi connectivity index (χ0v) is 38.9. The Morgan fingerprint density at radius 3 is 1.05 bits per heavy atom. The summed E-state index contributed by atoms with van der Waals surface area (Å²) in [4.78, 5) is 37.8. The first-order valence-corrected chi connectivity index (χ1v) is 24.7. The van der Waals surface area contributed by atoms with Gasteiger partial charge in [0.1, 0.15) is 13.2 Å². The van der Waals surface area contributed by atoms with Gasteiger partial charge in [0, 0.05) is 19.3 Å². The molecule has 0 radical (unpaired) electrons. The predicted molar refractivity (Wildman–Crippen MR) is 256 cm³/mol. The Labute approximate surface area is 369 Å². The molecule has 0 fully saturated rings. The second kappa shape index (κ2) is 48.3. The molecule has 1 atom stereocenters. The van der Waals surface area contributed by atoms with E-state index in [9.17, 15) is 14.4 Å². The molecule has 0 aliphatic rings. The van der Waals surface area contributed by atoms with E-state index in [-0.39, 0.29) is 31.1 Å². The van der Waals surface area contributed by atoms with E-state index in [2.05, 4.69) is 81.5 Å². The van der Waals surface area contributed by atoms with Crippen molar-refractivity contribution in [3.05, 3.63) is 85.1 Å². The molecule has 0 aliphatic carbocycles. The maximum Gasteiger partial charge on any atom is 0.306 e. The zero-order valence-electron chi connectivity index (χ0n) is 38.9. The van der Waals surface area contributed by atoms with Gasteiger partial charge in [-0.2, -0.15) is 0 Å². The fourth-order valence-corrected chi connectivity index (χ4v) is 6.52. The van der Waals surface area contributed by atoms with Crippen LogP contribution in [0.25, 0.3) is 0 Å². The molecule has 0 aromatic carbocycles. The van der Waals surface area contributed by atoms with Crippen molar-refractivity contribution >= 4 is 17.9 Å². The van der Waals surface area contributed by atoms with E-state index in [4.69, 9.17) is 14.2 Å². The molecular weight excluding hydrogens is 745 g/mol. The van der Waals surface area contributed by atoms with Crippen molar-refractivity contribution < 1.29 is 28.6 Å². The third-order valence-corrected chi connectivity index (χ3v) is 10.3. The van der Waals surface area contributed by atoms with Crippen molar-refractivity contribution in [2.24, 2.45) is 0 Å². The Morgan fingerprint density at radius 1 is 0.333 bits per heavy atom. The lowest BCUT2D eigenvalue weighted by atomic mass is 10.1. The van der Waals surface area contributed by atoms with Crippen LogP contribution in [0.4, 0.5) is 0 Å². The number of carbonyl (C=O) groups is 3. The average molecular weight is 835 g/mol. The number of ether oxygens (including phenoxy) is 3. The second-order valence-electron chi connectivity index (χ2n) is 16.2. The van der Waals surface area contributed by atoms with Crippen molar-refractivity contribution in [1.29, 1.82) is 0 Å². The molecule has 6 heteroatoms. The van der Waals surface area contributed by atoms with Gasteiger partial charge < -0.3 is 14.2 Å². The Kier molecular flexibility index (Phi) is 45.5. The number of hydrogen-bond acceptors (Lipinski definition) is 6. The fraction of sp³-hybridized carbons (Fsp3) is 0.685. The first-order valence-electron chi connectivity index (χ1n) is 24.7. The van der Waals surface area contributed by atoms with Crippen molar-refractivity contribution in [2.45, 2.75) is 226 Å². The minimum Gasteiger partial charge on any atom is -0.462 e. The van der Waals surface area contributed by atoms with Crippen molar-refractivity contribution in [3.8, 4) is 0 Å². The molecule has 0 saturated carbocycles. The lowest BCUT2D eigenvalue weighted by molar-refractivity contribution is -0.167. The highest BCUT2D eigenvalue weighted by atomic mass is 16.6. The van der Waals surface area contributed by atoms with Gasteiger partial charge in [0.2, 0.25) is 0 Å². The van der Waals surface area contributed by atoms with E-state index in [1.165, 1.54) is 83.5 Å². The van der Waals surface area contributed by atoms with E-state index in [0.717, 1.165) is 96.3 Å². The van der Waals surface area contributed by atoms with Crippen molar-refractivity contribution in [2.75, 3.05) is 13.2 Å². The molecule has 6 nitrogen and oxygen atoms in total. The van der Waals surface area contributed by atoms with Crippen LogP contribution in [-0.2, 0) is 28.6 Å². The van der Waals surface area contributed by atoms with Crippen LogP contribution in [0.1, 0.15) is 220 Å². The molecule has 0 rings (SSSR count). The predicted octanol–water partition coefficient (Wildman–Crippen LogP) is 16.0. The summed E-state index contributed by atoms with van der Waals surface area (Å²) in [7, 11) is 0. The van der Waals surface area contributed by atoms with E-state index >= 15 is 0 Å². The molecule has 60 heavy (non-hydrogen) atoms. The number of unbranched alkanes of at least 4 members (excludes halogenated alkanes) is 23. The molecule has 0 N–H and O–H groups in total. The highest BCUT2D eigenvalue weighted by Crippen LogP contribution is 2.14. The van der Waals surface area contributed by atoms with Crippen LogP contribution in [0.3, 0.4) is 0 Å². The number of esters is 3. The molecule has 0 saturated heterocycles. The Bertz CT molecular complexity index is 1190. The summed E-state index contributed by atoms with van der Waals surface area (Å²) in [5, 5.41) is 0. The monoisotopic (exact) mass is 835 g/mol. The standard InChI is InChI=1S/C54H90O6/c1-4-7-10-13-16-19-21-23-25-26-27-29-30-32-35-38-41-44-47-53(56)59-50-51(49-58-52(55)46-43-40-37-34-18-15-12-9-6-3)60-54(57)48-45-42-39-36-33-31-28-24-22-20-17-14-11-8-5-2/h10,13,16-17,19-27,29,51H,4-9,11-12,14-15,18,28,30-50H2,1-3H3/b13-10-,19-16-,20-17-,23-21-,24-22-,26-25-,29-27-. The lowest BCUT2D eigenvalue weighted by Gasteiger charge is -2.18. The highest BCUT2D eigenvalue weighted by Gasteiger charge is 2.19. The van der Waals surface area contributed by atoms with Gasteiger partial charge in [-0.1, -0.05) is 221 Å². The minimum atomic E-state index is -0.790. The van der Waals surface area contributed by atoms with Crippen LogP contribution in [0.2, 0.25) is 0 Å². The topological polar surface area (TPSA) is 78.9 Å². The molecule has 0 aromatic heterocycles. The van der Waals surface area contributed by atoms with Crippen LogP contribution in [0, 0.1) is 0 Å². The van der Waals surface area contributed by atoms with Crippen molar-refractivity contribution in [3.63, 3.8) is 0 Å². The van der Waals surface area contributed by atoms with Crippen LogP contribution in [-0.4, -0.2) is 37.2 Å². The lowest BCUT2D eigenvalue weighted by Crippen LogP contribution is -2.30. The average Bonchev–Trinajstić information content (AvgIpc) is 3.24. The van der Waals surface area contributed by atoms with Gasteiger partial charge in [-0.15, -0.1) is 0 Å². The maximum atomic E-state index is 12.8. The van der Waals surface area contributed by atoms with Gasteiger partial charge in [-0.3, -0.25) is 14.4 Å². The maximum absolute atomic E-state index is 12.8. The summed E-state index contributed by atoms with van der Waals surface area (Å²) >= 11 is 0. The first kappa shape index (κ1) is 56.6. The summed E-state index contributed by atoms with van der Waals surface area (Å²) in [6.45, 7) is 6.46. The van der Waals surface area contributed by atoms with Crippen LogP contribution >= 0.6 is 0 Å². The minimum absolute atomic E-state index is 0.0896. The van der Waals surface area contributed by atoms with Gasteiger partial charge >= 0.3 is 17.9 Å². The second-order valence-corrected chi connectivity index (χ2v) is 16.2. The fourth-order valence-electron chi connectivity index (χ4n) is 6.52. The number of rotatable bonds is 43. The third kappa shape index (κ3) is 45.7. The summed E-state index contributed by atoms with van der Waals surface area (Å²) in [6.07, 6.45) is 61.3. The molecule has 0 aromatic rings. The van der Waals surface area contributed by atoms with Gasteiger partial charge in [-0.05, 0) is 64.2 Å². The van der Waals surface area contributed by atoms with Gasteiger partial charge in [0.25, 0.3) is 0 Å². The van der Waals surface area contributed by atoms with Crippen LogP contribution < -0.4 is 0 Å². The van der Waals surface area contributed by atoms with Crippen LogP contribution in [0.15, 0.2) is 85.1 Å². The largest absolute Gasteiger partial charge is 0.462 e. The van der Waals surface area contributed by atoms with Gasteiger partial charge in [0.15, 0.2) is 6.10 Å². The third-order valence-electron chi connectivity index (χ3n) is 10.3. The molecule has 1 unspecified atom stereocenters. The molecule has 0 aliphatic heterocycles. The van der Waals surface area contributed by atoms with Gasteiger partial charge in [-0.25, -0.2) is 0 Å². The summed E-state index contributed by atoms with van der Waals surface area (Å²) in [5.74, 6) is -0.933. The van der Waals surface area contributed by atoms with E-state index in [0.29, 0.717) is 19.3 Å². The normalized spacial score (nSPS) is 12.8. The van der Waals surface area contributed by atoms with Crippen LogP contribution in [0.5, 0.6) is 0 Å². The van der Waals surface area contributed by atoms with E-state index < -0.39 is 6.10 Å². The number of hydrogen-bond donors (Lipinski definition) is 0. The van der Waals surface area contributed by atoms with E-state index in [1.807, 2.05) is 24.3 Å². The molecule has 0 heterocycles. The Hall–Kier alpha value is -3.41. The Morgan fingerprint density at radius 2 is 0.633 bits per heavy atom. The smallest absolute Gasteiger partial charge is 0.306 e. The number of allylic oxidation sites excluding steroid dienone is 14. The first-order chi connectivity index (χ1) is 29.5. The Balaban J connectivity index is 4.43. The molecule has 342 valence electrons. The highest BCUT2D eigenvalue weighted by molar-refractivity contribution is 5.71. The summed E-state index contributed by atoms with van der Waals surface area (Å²) in [5.41, 5.74) is 0. The van der Waals surface area contributed by atoms with Crippen molar-refractivity contribution in [1.82, 2.24) is 0 Å². The van der Waals surface area contributed by atoms with Gasteiger partial charge in [0.05, 0.1) is 0 Å². The molecular formula is C54H90O6. The molecule has 0 amide bonds. The number of carbonyl (C=O) groups excluding carboxylic acids is 3. The SMILES string of the molecule is CCC\C=C/C=C\C=C/C=C\C=C/CCCCCCCC(=O)OCC(COC(=O)CCCCCCCCCCC)OC(=O)CCCCCCCC/C=C\C=C/CCCCC. The van der Waals surface area contributed by atoms with E-state index in [1.54, 1.807) is 0 Å². The molecule has 0 spiro atoms. The zero-order chi connectivity index (χ0) is 43.7. The quantitative estimate of drug-likeness (QED) is 0.0263.